The second-order valence-corrected chi connectivity index (χ2v) is 7.92. The molecule has 1 aromatic carbocycles. The summed E-state index contributed by atoms with van der Waals surface area (Å²) in [6.45, 7) is 5.47. The molecule has 1 aromatic rings. The van der Waals surface area contributed by atoms with Crippen LogP contribution in [-0.4, -0.2) is 33.0 Å². The van der Waals surface area contributed by atoms with Gasteiger partial charge >= 0.3 is 6.09 Å². The molecular formula is C16H25NO5S. The molecule has 1 atom stereocenters. The third-order valence-electron chi connectivity index (χ3n) is 2.83. The zero-order chi connectivity index (χ0) is 17.5. The minimum atomic E-state index is -3.45. The SMILES string of the molecule is CC(C)(C)OC(=O)N[C@H](CCCOS(C)(=O)=O)c1ccccc1. The molecule has 0 fully saturated rings. The number of nitrogens with one attached hydrogen (secondary N) is 1. The van der Waals surface area contributed by atoms with Gasteiger partial charge in [-0.2, -0.15) is 8.42 Å². The fourth-order valence-corrected chi connectivity index (χ4v) is 2.38. The number of hydrogen-bond acceptors (Lipinski definition) is 5. The summed E-state index contributed by atoms with van der Waals surface area (Å²) in [5.41, 5.74) is 0.350. The smallest absolute Gasteiger partial charge is 0.408 e. The highest BCUT2D eigenvalue weighted by molar-refractivity contribution is 7.85. The van der Waals surface area contributed by atoms with Crippen LogP contribution >= 0.6 is 0 Å². The van der Waals surface area contributed by atoms with Crippen molar-refractivity contribution in [3.8, 4) is 0 Å². The fraction of sp³-hybridized carbons (Fsp3) is 0.562. The fourth-order valence-electron chi connectivity index (χ4n) is 1.96. The van der Waals surface area contributed by atoms with Crippen molar-refractivity contribution >= 4 is 16.2 Å². The molecule has 23 heavy (non-hydrogen) atoms. The predicted molar refractivity (Wildman–Crippen MR) is 88.6 cm³/mol. The van der Waals surface area contributed by atoms with E-state index >= 15 is 0 Å². The van der Waals surface area contributed by atoms with E-state index in [0.717, 1.165) is 11.8 Å². The van der Waals surface area contributed by atoms with Gasteiger partial charge in [0.1, 0.15) is 5.60 Å². The molecule has 1 rings (SSSR count). The van der Waals surface area contributed by atoms with Crippen LogP contribution in [0.25, 0.3) is 0 Å². The van der Waals surface area contributed by atoms with Crippen LogP contribution in [-0.2, 0) is 19.0 Å². The molecule has 0 aliphatic rings. The summed E-state index contributed by atoms with van der Waals surface area (Å²) in [7, 11) is -3.45. The Morgan fingerprint density at radius 3 is 2.35 bits per heavy atom. The van der Waals surface area contributed by atoms with Crippen molar-refractivity contribution in [2.75, 3.05) is 12.9 Å². The lowest BCUT2D eigenvalue weighted by Gasteiger charge is -2.24. The van der Waals surface area contributed by atoms with Gasteiger partial charge in [0.25, 0.3) is 10.1 Å². The van der Waals surface area contributed by atoms with Gasteiger partial charge in [-0.15, -0.1) is 0 Å². The van der Waals surface area contributed by atoms with E-state index in [0.29, 0.717) is 12.8 Å². The molecule has 0 unspecified atom stereocenters. The van der Waals surface area contributed by atoms with Crippen LogP contribution < -0.4 is 5.32 Å². The van der Waals surface area contributed by atoms with E-state index in [-0.39, 0.29) is 12.6 Å². The van der Waals surface area contributed by atoms with Crippen molar-refractivity contribution in [3.63, 3.8) is 0 Å². The largest absolute Gasteiger partial charge is 0.444 e. The Labute approximate surface area is 138 Å². The summed E-state index contributed by atoms with van der Waals surface area (Å²) in [6, 6.07) is 9.19. The Hall–Kier alpha value is -1.60. The van der Waals surface area contributed by atoms with Crippen LogP contribution in [0.5, 0.6) is 0 Å². The van der Waals surface area contributed by atoms with Gasteiger partial charge in [-0.05, 0) is 39.2 Å². The van der Waals surface area contributed by atoms with Gasteiger partial charge in [0.2, 0.25) is 0 Å². The number of amides is 1. The van der Waals surface area contributed by atoms with Gasteiger partial charge in [-0.3, -0.25) is 4.18 Å². The average molecular weight is 343 g/mol. The molecule has 0 aliphatic heterocycles. The van der Waals surface area contributed by atoms with Crippen molar-refractivity contribution in [3.05, 3.63) is 35.9 Å². The summed E-state index contributed by atoms with van der Waals surface area (Å²) in [4.78, 5) is 12.0. The van der Waals surface area contributed by atoms with Gasteiger partial charge < -0.3 is 10.1 Å². The number of carbonyl (C=O) groups excluding carboxylic acids is 1. The maximum Gasteiger partial charge on any atom is 0.408 e. The Morgan fingerprint density at radius 2 is 1.83 bits per heavy atom. The molecule has 1 N–H and O–H groups in total. The zero-order valence-corrected chi connectivity index (χ0v) is 14.9. The van der Waals surface area contributed by atoms with Crippen LogP contribution in [0.1, 0.15) is 45.2 Å². The molecule has 1 amide bonds. The van der Waals surface area contributed by atoms with E-state index in [9.17, 15) is 13.2 Å². The lowest BCUT2D eigenvalue weighted by molar-refractivity contribution is 0.0499. The second-order valence-electron chi connectivity index (χ2n) is 6.28. The second kappa shape index (κ2) is 8.31. The summed E-state index contributed by atoms with van der Waals surface area (Å²) < 4.78 is 31.9. The van der Waals surface area contributed by atoms with E-state index in [1.807, 2.05) is 30.3 Å². The van der Waals surface area contributed by atoms with Crippen LogP contribution in [0.4, 0.5) is 4.79 Å². The van der Waals surface area contributed by atoms with Crippen molar-refractivity contribution in [1.29, 1.82) is 0 Å². The van der Waals surface area contributed by atoms with Crippen molar-refractivity contribution in [1.82, 2.24) is 5.32 Å². The number of rotatable bonds is 7. The Morgan fingerprint density at radius 1 is 1.22 bits per heavy atom. The molecule has 0 aromatic heterocycles. The zero-order valence-electron chi connectivity index (χ0n) is 14.0. The van der Waals surface area contributed by atoms with E-state index < -0.39 is 21.8 Å². The average Bonchev–Trinajstić information content (AvgIpc) is 2.40. The molecule has 0 saturated heterocycles. The molecule has 7 heteroatoms. The number of hydrogen-bond donors (Lipinski definition) is 1. The molecule has 0 saturated carbocycles. The first kappa shape index (κ1) is 19.4. The third-order valence-corrected chi connectivity index (χ3v) is 3.42. The summed E-state index contributed by atoms with van der Waals surface area (Å²) in [5, 5.41) is 2.82. The minimum Gasteiger partial charge on any atom is -0.444 e. The number of alkyl carbamates (subject to hydrolysis) is 1. The van der Waals surface area contributed by atoms with E-state index in [1.54, 1.807) is 20.8 Å². The maximum absolute atomic E-state index is 12.0. The van der Waals surface area contributed by atoms with Crippen LogP contribution in [0.3, 0.4) is 0 Å². The normalized spacial score (nSPS) is 13.4. The van der Waals surface area contributed by atoms with Crippen LogP contribution in [0.2, 0.25) is 0 Å². The van der Waals surface area contributed by atoms with E-state index in [4.69, 9.17) is 8.92 Å². The standard InChI is InChI=1S/C16H25NO5S/c1-16(2,3)22-15(18)17-14(13-9-6-5-7-10-13)11-8-12-21-23(4,19)20/h5-7,9-10,14H,8,11-12H2,1-4H3,(H,17,18)/t14-/m1/s1. The monoisotopic (exact) mass is 343 g/mol. The Bertz CT molecular complexity index is 593. The third kappa shape index (κ3) is 9.20. The highest BCUT2D eigenvalue weighted by Gasteiger charge is 2.20. The quantitative estimate of drug-likeness (QED) is 0.608. The number of ether oxygens (including phenoxy) is 1. The molecule has 0 radical (unpaired) electrons. The first-order valence-corrected chi connectivity index (χ1v) is 9.27. The Kier molecular flexibility index (Phi) is 7.02. The van der Waals surface area contributed by atoms with Crippen LogP contribution in [0.15, 0.2) is 30.3 Å². The molecule has 0 spiro atoms. The van der Waals surface area contributed by atoms with Crippen molar-refractivity contribution in [2.45, 2.75) is 45.3 Å². The van der Waals surface area contributed by atoms with Gasteiger partial charge in [0.15, 0.2) is 0 Å². The highest BCUT2D eigenvalue weighted by atomic mass is 32.2. The van der Waals surface area contributed by atoms with Crippen molar-refractivity contribution < 1.29 is 22.1 Å². The van der Waals surface area contributed by atoms with Gasteiger partial charge in [0.05, 0.1) is 18.9 Å². The highest BCUT2D eigenvalue weighted by Crippen LogP contribution is 2.19. The van der Waals surface area contributed by atoms with Gasteiger partial charge in [-0.1, -0.05) is 30.3 Å². The minimum absolute atomic E-state index is 0.0815. The summed E-state index contributed by atoms with van der Waals surface area (Å²) >= 11 is 0. The van der Waals surface area contributed by atoms with Gasteiger partial charge in [0, 0.05) is 0 Å². The first-order valence-electron chi connectivity index (χ1n) is 7.46. The lowest BCUT2D eigenvalue weighted by atomic mass is 10.0. The number of carbonyl (C=O) groups is 1. The van der Waals surface area contributed by atoms with Crippen molar-refractivity contribution in [2.24, 2.45) is 0 Å². The molecule has 130 valence electrons. The Balaban J connectivity index is 2.65. The number of benzene rings is 1. The molecule has 0 heterocycles. The maximum atomic E-state index is 12.0. The molecule has 0 bridgehead atoms. The van der Waals surface area contributed by atoms with E-state index in [2.05, 4.69) is 5.32 Å². The topological polar surface area (TPSA) is 81.7 Å². The van der Waals surface area contributed by atoms with Crippen LogP contribution in [0, 0.1) is 0 Å². The first-order chi connectivity index (χ1) is 10.6. The summed E-state index contributed by atoms with van der Waals surface area (Å²) in [6.07, 6.45) is 1.54. The summed E-state index contributed by atoms with van der Waals surface area (Å²) in [5.74, 6) is 0. The lowest BCUT2D eigenvalue weighted by Crippen LogP contribution is -2.35. The van der Waals surface area contributed by atoms with Gasteiger partial charge in [-0.25, -0.2) is 4.79 Å². The van der Waals surface area contributed by atoms with E-state index in [1.165, 1.54) is 0 Å². The predicted octanol–water partition coefficient (Wildman–Crippen LogP) is 3.01. The molecule has 6 nitrogen and oxygen atoms in total. The molecule has 0 aliphatic carbocycles. The molecular weight excluding hydrogens is 318 g/mol.